The number of hydrogen-bond acceptors (Lipinski definition) is 4. The Hall–Kier alpha value is -2.18. The first-order chi connectivity index (χ1) is 16.1. The summed E-state index contributed by atoms with van der Waals surface area (Å²) in [6.07, 6.45) is 8.82. The highest BCUT2D eigenvalue weighted by atomic mass is 79.9. The van der Waals surface area contributed by atoms with Crippen LogP contribution in [0.4, 0.5) is 17.1 Å². The van der Waals surface area contributed by atoms with E-state index in [1.54, 1.807) is 0 Å². The van der Waals surface area contributed by atoms with Gasteiger partial charge >= 0.3 is 0 Å². The Bertz CT molecular complexity index is 1070. The molecule has 1 N–H and O–H groups in total. The lowest BCUT2D eigenvalue weighted by Gasteiger charge is -2.36. The van der Waals surface area contributed by atoms with Gasteiger partial charge in [0.25, 0.3) is 0 Å². The molecule has 2 heterocycles. The molecule has 5 rings (SSSR count). The summed E-state index contributed by atoms with van der Waals surface area (Å²) in [4.78, 5) is 21.7. The van der Waals surface area contributed by atoms with Crippen molar-refractivity contribution in [2.75, 3.05) is 36.5 Å². The number of benzene rings is 2. The Morgan fingerprint density at radius 2 is 1.88 bits per heavy atom. The Morgan fingerprint density at radius 1 is 1.12 bits per heavy atom. The third kappa shape index (κ3) is 3.71. The number of aldehydes is 1. The topological polar surface area (TPSA) is 56.1 Å². The van der Waals surface area contributed by atoms with Crippen molar-refractivity contribution in [1.82, 2.24) is 0 Å². The van der Waals surface area contributed by atoms with Crippen molar-refractivity contribution in [2.45, 2.75) is 50.4 Å². The minimum atomic E-state index is -0.0901. The summed E-state index contributed by atoms with van der Waals surface area (Å²) in [6.45, 7) is 2.20. The first-order valence-corrected chi connectivity index (χ1v) is 12.9. The van der Waals surface area contributed by atoms with Crippen LogP contribution < -0.4 is 9.80 Å². The standard InChI is InChI=1S/C27H32BrN3O2/c1-29-26-27(12-3-2-4-13-27)22-9-8-20(30-14-10-19(17-32)11-15-30)16-25(22)31(26)24-7-5-6-23(28)21(24)18-33/h5-9,16,18-19,32H,2-4,10-15,17H2,1H3. The van der Waals surface area contributed by atoms with Crippen LogP contribution in [0.5, 0.6) is 0 Å². The zero-order valence-corrected chi connectivity index (χ0v) is 20.9. The fraction of sp³-hybridized carbons (Fsp3) is 0.481. The van der Waals surface area contributed by atoms with Gasteiger partial charge < -0.3 is 10.0 Å². The quantitative estimate of drug-likeness (QED) is 0.525. The zero-order valence-electron chi connectivity index (χ0n) is 19.3. The molecule has 3 aliphatic rings. The number of carbonyl (C=O) groups excluding carboxylic acids is 1. The van der Waals surface area contributed by atoms with Gasteiger partial charge in [0.1, 0.15) is 5.84 Å². The van der Waals surface area contributed by atoms with E-state index in [9.17, 15) is 9.90 Å². The molecule has 1 saturated heterocycles. The fourth-order valence-corrected chi connectivity index (χ4v) is 6.62. The van der Waals surface area contributed by atoms with E-state index in [0.29, 0.717) is 11.5 Å². The van der Waals surface area contributed by atoms with Crippen molar-refractivity contribution in [1.29, 1.82) is 0 Å². The molecule has 0 radical (unpaired) electrons. The second-order valence-electron chi connectivity index (χ2n) is 9.63. The van der Waals surface area contributed by atoms with E-state index in [4.69, 9.17) is 4.99 Å². The monoisotopic (exact) mass is 509 g/mol. The third-order valence-electron chi connectivity index (χ3n) is 7.92. The van der Waals surface area contributed by atoms with Gasteiger partial charge in [-0.2, -0.15) is 0 Å². The summed E-state index contributed by atoms with van der Waals surface area (Å²) in [5.74, 6) is 1.47. The number of aliphatic hydroxyl groups excluding tert-OH is 1. The highest BCUT2D eigenvalue weighted by Crippen LogP contribution is 2.54. The van der Waals surface area contributed by atoms with Gasteiger partial charge in [-0.05, 0) is 77.4 Å². The lowest BCUT2D eigenvalue weighted by Crippen LogP contribution is -2.40. The maximum Gasteiger partial charge on any atom is 0.153 e. The van der Waals surface area contributed by atoms with Crippen LogP contribution in [-0.2, 0) is 5.41 Å². The fourth-order valence-electron chi connectivity index (χ4n) is 6.17. The predicted molar refractivity (Wildman–Crippen MR) is 138 cm³/mol. The van der Waals surface area contributed by atoms with Crippen molar-refractivity contribution in [2.24, 2.45) is 10.9 Å². The van der Waals surface area contributed by atoms with Crippen LogP contribution in [0.25, 0.3) is 0 Å². The van der Waals surface area contributed by atoms with E-state index in [2.05, 4.69) is 43.9 Å². The van der Waals surface area contributed by atoms with Gasteiger partial charge in [-0.1, -0.05) is 31.4 Å². The molecule has 2 aromatic rings. The molecule has 1 spiro atoms. The number of aliphatic hydroxyl groups is 1. The number of halogens is 1. The number of carbonyl (C=O) groups is 1. The van der Waals surface area contributed by atoms with Crippen LogP contribution in [0.1, 0.15) is 60.9 Å². The first kappa shape index (κ1) is 22.6. The SMILES string of the molecule is CN=C1N(c2cccc(Br)c2C=O)c2cc(N3CCC(CO)CC3)ccc2C12CCCCC2. The molecule has 0 atom stereocenters. The molecule has 5 nitrogen and oxygen atoms in total. The van der Waals surface area contributed by atoms with Crippen LogP contribution in [0.15, 0.2) is 45.9 Å². The molecule has 33 heavy (non-hydrogen) atoms. The lowest BCUT2D eigenvalue weighted by atomic mass is 9.70. The van der Waals surface area contributed by atoms with Gasteiger partial charge in [-0.15, -0.1) is 0 Å². The smallest absolute Gasteiger partial charge is 0.153 e. The number of anilines is 3. The van der Waals surface area contributed by atoms with Crippen LogP contribution in [0, 0.1) is 5.92 Å². The molecular weight excluding hydrogens is 478 g/mol. The Kier molecular flexibility index (Phi) is 6.32. The zero-order chi connectivity index (χ0) is 23.0. The van der Waals surface area contributed by atoms with E-state index in [0.717, 1.165) is 66.7 Å². The summed E-state index contributed by atoms with van der Waals surface area (Å²) in [6, 6.07) is 12.8. The predicted octanol–water partition coefficient (Wildman–Crippen LogP) is 5.85. The average Bonchev–Trinajstić information content (AvgIpc) is 3.12. The largest absolute Gasteiger partial charge is 0.396 e. The van der Waals surface area contributed by atoms with E-state index in [1.165, 1.54) is 30.5 Å². The molecule has 0 amide bonds. The van der Waals surface area contributed by atoms with E-state index < -0.39 is 0 Å². The van der Waals surface area contributed by atoms with Gasteiger partial charge in [0.05, 0.1) is 22.4 Å². The summed E-state index contributed by atoms with van der Waals surface area (Å²) in [7, 11) is 1.89. The summed E-state index contributed by atoms with van der Waals surface area (Å²) < 4.78 is 0.804. The van der Waals surface area contributed by atoms with Crippen LogP contribution in [0.2, 0.25) is 0 Å². The molecule has 0 bridgehead atoms. The van der Waals surface area contributed by atoms with Crippen LogP contribution >= 0.6 is 15.9 Å². The maximum absolute atomic E-state index is 12.1. The number of aliphatic imine (C=N–C) groups is 1. The molecule has 1 aliphatic carbocycles. The van der Waals surface area contributed by atoms with Gasteiger partial charge in [-0.25, -0.2) is 0 Å². The summed E-state index contributed by atoms with van der Waals surface area (Å²) in [5, 5.41) is 9.53. The van der Waals surface area contributed by atoms with Gasteiger partial charge in [0.2, 0.25) is 0 Å². The van der Waals surface area contributed by atoms with Crippen molar-refractivity contribution in [3.63, 3.8) is 0 Å². The van der Waals surface area contributed by atoms with Crippen molar-refractivity contribution in [3.05, 3.63) is 52.0 Å². The van der Waals surface area contributed by atoms with Crippen LogP contribution in [-0.4, -0.2) is 44.0 Å². The number of rotatable bonds is 4. The first-order valence-electron chi connectivity index (χ1n) is 12.1. The minimum Gasteiger partial charge on any atom is -0.396 e. The molecule has 2 aliphatic heterocycles. The Balaban J connectivity index is 1.65. The van der Waals surface area contributed by atoms with Gasteiger partial charge in [0, 0.05) is 36.9 Å². The number of hydrogen-bond donors (Lipinski definition) is 1. The minimum absolute atomic E-state index is 0.0901. The highest BCUT2D eigenvalue weighted by Gasteiger charge is 2.49. The van der Waals surface area contributed by atoms with E-state index in [-0.39, 0.29) is 12.0 Å². The maximum atomic E-state index is 12.1. The molecule has 0 unspecified atom stereocenters. The van der Waals surface area contributed by atoms with Crippen LogP contribution in [0.3, 0.4) is 0 Å². The lowest BCUT2D eigenvalue weighted by molar-refractivity contribution is 0.112. The molecule has 174 valence electrons. The number of fused-ring (bicyclic) bond motifs is 2. The van der Waals surface area contributed by atoms with Gasteiger partial charge in [0.15, 0.2) is 6.29 Å². The Labute approximate surface area is 204 Å². The number of piperidine rings is 1. The Morgan fingerprint density at radius 3 is 2.55 bits per heavy atom. The van der Waals surface area contributed by atoms with Crippen molar-refractivity contribution >= 4 is 45.1 Å². The third-order valence-corrected chi connectivity index (χ3v) is 8.61. The molecule has 2 aromatic carbocycles. The summed E-state index contributed by atoms with van der Waals surface area (Å²) >= 11 is 3.59. The molecular formula is C27H32BrN3O2. The second kappa shape index (κ2) is 9.22. The molecule has 0 aromatic heterocycles. The van der Waals surface area contributed by atoms with Gasteiger partial charge in [-0.3, -0.25) is 14.7 Å². The molecule has 6 heteroatoms. The average molecular weight is 510 g/mol. The van der Waals surface area contributed by atoms with E-state index >= 15 is 0 Å². The summed E-state index contributed by atoms with van der Waals surface area (Å²) in [5.41, 5.74) is 5.16. The molecule has 1 saturated carbocycles. The second-order valence-corrected chi connectivity index (χ2v) is 10.5. The number of nitrogens with zero attached hydrogens (tertiary/aromatic N) is 3. The highest BCUT2D eigenvalue weighted by molar-refractivity contribution is 9.10. The van der Waals surface area contributed by atoms with E-state index in [1.807, 2.05) is 25.2 Å². The van der Waals surface area contributed by atoms with Crippen molar-refractivity contribution in [3.8, 4) is 0 Å². The number of amidine groups is 1. The normalized spacial score (nSPS) is 21.6. The van der Waals surface area contributed by atoms with Crippen molar-refractivity contribution < 1.29 is 9.90 Å². The molecule has 2 fully saturated rings.